The van der Waals surface area contributed by atoms with Crippen molar-refractivity contribution in [2.24, 2.45) is 4.99 Å². The maximum absolute atomic E-state index is 12.4. The molecule has 0 saturated heterocycles. The smallest absolute Gasteiger partial charge is 0.278 e. The van der Waals surface area contributed by atoms with E-state index in [-0.39, 0.29) is 11.5 Å². The SMILES string of the molecule is Nc1ncc(C2=CN=CC=C=C2)nc1C(=O)Nc1ccccc1. The summed E-state index contributed by atoms with van der Waals surface area (Å²) in [6, 6.07) is 9.07. The Morgan fingerprint density at radius 1 is 1.22 bits per heavy atom. The van der Waals surface area contributed by atoms with E-state index in [1.807, 2.05) is 18.2 Å². The number of nitrogens with one attached hydrogen (secondary N) is 1. The van der Waals surface area contributed by atoms with Gasteiger partial charge < -0.3 is 11.1 Å². The maximum Gasteiger partial charge on any atom is 0.278 e. The molecule has 1 aliphatic rings. The van der Waals surface area contributed by atoms with Crippen LogP contribution in [-0.2, 0) is 0 Å². The minimum atomic E-state index is -0.416. The number of aromatic nitrogens is 2. The van der Waals surface area contributed by atoms with Crippen molar-refractivity contribution in [2.75, 3.05) is 11.1 Å². The standard InChI is InChI=1S/C17H13N5O/c18-16-15(17(23)21-13-7-2-1-3-8-13)22-14(11-20-16)12-6-4-5-9-19-10-12/h1-3,5-11H,(H2,18,20)(H,21,23). The van der Waals surface area contributed by atoms with Crippen molar-refractivity contribution in [1.29, 1.82) is 0 Å². The second-order valence-corrected chi connectivity index (χ2v) is 4.67. The number of hydrogen-bond donors (Lipinski definition) is 2. The molecule has 0 atom stereocenters. The lowest BCUT2D eigenvalue weighted by Gasteiger charge is -2.08. The van der Waals surface area contributed by atoms with E-state index in [0.29, 0.717) is 17.0 Å². The monoisotopic (exact) mass is 303 g/mol. The first-order valence-electron chi connectivity index (χ1n) is 6.88. The molecule has 3 N–H and O–H groups in total. The number of amides is 1. The van der Waals surface area contributed by atoms with Crippen molar-refractivity contribution in [1.82, 2.24) is 9.97 Å². The number of nitrogens with zero attached hydrogens (tertiary/aromatic N) is 3. The zero-order chi connectivity index (χ0) is 16.1. The highest BCUT2D eigenvalue weighted by Gasteiger charge is 2.15. The van der Waals surface area contributed by atoms with Crippen LogP contribution < -0.4 is 11.1 Å². The van der Waals surface area contributed by atoms with Gasteiger partial charge in [0.25, 0.3) is 5.91 Å². The first-order chi connectivity index (χ1) is 11.2. The molecule has 6 heteroatoms. The van der Waals surface area contributed by atoms with Gasteiger partial charge in [0, 0.05) is 23.7 Å². The zero-order valence-electron chi connectivity index (χ0n) is 12.1. The van der Waals surface area contributed by atoms with E-state index in [1.165, 1.54) is 6.20 Å². The quantitative estimate of drug-likeness (QED) is 0.852. The Bertz CT molecular complexity index is 862. The third-order valence-corrected chi connectivity index (χ3v) is 3.05. The first-order valence-corrected chi connectivity index (χ1v) is 6.88. The van der Waals surface area contributed by atoms with E-state index in [4.69, 9.17) is 5.73 Å². The molecule has 0 spiro atoms. The van der Waals surface area contributed by atoms with Crippen molar-refractivity contribution < 1.29 is 4.79 Å². The minimum Gasteiger partial charge on any atom is -0.382 e. The van der Waals surface area contributed by atoms with Crippen molar-refractivity contribution in [3.63, 3.8) is 0 Å². The fourth-order valence-electron chi connectivity index (χ4n) is 1.94. The van der Waals surface area contributed by atoms with Crippen LogP contribution in [0.1, 0.15) is 16.2 Å². The fourth-order valence-corrected chi connectivity index (χ4v) is 1.94. The van der Waals surface area contributed by atoms with Gasteiger partial charge in [-0.3, -0.25) is 9.79 Å². The molecule has 1 aromatic heterocycles. The lowest BCUT2D eigenvalue weighted by atomic mass is 10.2. The van der Waals surface area contributed by atoms with Crippen LogP contribution in [0, 0.1) is 0 Å². The van der Waals surface area contributed by atoms with Crippen LogP contribution in [0.25, 0.3) is 5.57 Å². The fraction of sp³-hybridized carbons (Fsp3) is 0. The third-order valence-electron chi connectivity index (χ3n) is 3.05. The van der Waals surface area contributed by atoms with E-state index in [1.54, 1.807) is 36.7 Å². The largest absolute Gasteiger partial charge is 0.382 e. The highest BCUT2D eigenvalue weighted by molar-refractivity contribution is 6.05. The molecule has 6 nitrogen and oxygen atoms in total. The number of rotatable bonds is 3. The average Bonchev–Trinajstić information content (AvgIpc) is 2.85. The van der Waals surface area contributed by atoms with Crippen LogP contribution in [0.4, 0.5) is 11.5 Å². The Kier molecular flexibility index (Phi) is 4.09. The predicted molar refractivity (Wildman–Crippen MR) is 90.0 cm³/mol. The number of allylic oxidation sites excluding steroid dienone is 2. The molecule has 0 fully saturated rings. The number of nitrogen functional groups attached to an aromatic ring is 1. The Hall–Kier alpha value is -3.50. The summed E-state index contributed by atoms with van der Waals surface area (Å²) >= 11 is 0. The Balaban J connectivity index is 1.92. The van der Waals surface area contributed by atoms with E-state index in [0.717, 1.165) is 0 Å². The molecule has 0 saturated carbocycles. The summed E-state index contributed by atoms with van der Waals surface area (Å²) in [4.78, 5) is 24.8. The number of aliphatic imine (C=N–C) groups is 1. The predicted octanol–water partition coefficient (Wildman–Crippen LogP) is 2.45. The average molecular weight is 303 g/mol. The van der Waals surface area contributed by atoms with Crippen molar-refractivity contribution in [2.45, 2.75) is 0 Å². The molecular weight excluding hydrogens is 290 g/mol. The van der Waals surface area contributed by atoms with Gasteiger partial charge in [-0.25, -0.2) is 9.97 Å². The number of anilines is 2. The number of carbonyl (C=O) groups is 1. The second-order valence-electron chi connectivity index (χ2n) is 4.67. The van der Waals surface area contributed by atoms with Gasteiger partial charge in [-0.15, -0.1) is 5.73 Å². The van der Waals surface area contributed by atoms with Gasteiger partial charge in [-0.2, -0.15) is 0 Å². The Morgan fingerprint density at radius 2 is 2.04 bits per heavy atom. The molecule has 0 aliphatic carbocycles. The molecule has 2 aromatic rings. The number of carbonyl (C=O) groups excluding carboxylic acids is 1. The van der Waals surface area contributed by atoms with Gasteiger partial charge in [0.2, 0.25) is 0 Å². The van der Waals surface area contributed by atoms with Crippen molar-refractivity contribution in [3.05, 3.63) is 72.0 Å². The molecule has 0 unspecified atom stereocenters. The summed E-state index contributed by atoms with van der Waals surface area (Å²) < 4.78 is 0. The van der Waals surface area contributed by atoms with Crippen LogP contribution in [-0.4, -0.2) is 22.1 Å². The van der Waals surface area contributed by atoms with E-state index in [9.17, 15) is 4.79 Å². The molecule has 0 bridgehead atoms. The number of hydrogen-bond acceptors (Lipinski definition) is 5. The molecule has 3 rings (SSSR count). The maximum atomic E-state index is 12.4. The first kappa shape index (κ1) is 14.4. The van der Waals surface area contributed by atoms with Crippen LogP contribution in [0.15, 0.2) is 65.6 Å². The summed E-state index contributed by atoms with van der Waals surface area (Å²) in [6.45, 7) is 0. The normalized spacial score (nSPS) is 12.6. The number of para-hydroxylation sites is 1. The van der Waals surface area contributed by atoms with Crippen LogP contribution >= 0.6 is 0 Å². The van der Waals surface area contributed by atoms with Gasteiger partial charge >= 0.3 is 0 Å². The van der Waals surface area contributed by atoms with Crippen LogP contribution in [0.2, 0.25) is 0 Å². The van der Waals surface area contributed by atoms with Crippen molar-refractivity contribution >= 4 is 29.2 Å². The third kappa shape index (κ3) is 3.40. The van der Waals surface area contributed by atoms with E-state index < -0.39 is 5.91 Å². The molecule has 112 valence electrons. The summed E-state index contributed by atoms with van der Waals surface area (Å²) in [7, 11) is 0. The molecule has 2 heterocycles. The van der Waals surface area contributed by atoms with Gasteiger partial charge in [0.05, 0.1) is 11.9 Å². The minimum absolute atomic E-state index is 0.0675. The Labute approximate surface area is 132 Å². The van der Waals surface area contributed by atoms with Gasteiger partial charge in [-0.05, 0) is 24.3 Å². The van der Waals surface area contributed by atoms with Gasteiger partial charge in [-0.1, -0.05) is 18.2 Å². The van der Waals surface area contributed by atoms with E-state index >= 15 is 0 Å². The lowest BCUT2D eigenvalue weighted by Crippen LogP contribution is -2.17. The molecule has 0 radical (unpaired) electrons. The molecule has 23 heavy (non-hydrogen) atoms. The van der Waals surface area contributed by atoms with Gasteiger partial charge in [0.15, 0.2) is 11.5 Å². The highest BCUT2D eigenvalue weighted by atomic mass is 16.1. The Morgan fingerprint density at radius 3 is 2.87 bits per heavy atom. The van der Waals surface area contributed by atoms with Gasteiger partial charge in [0.1, 0.15) is 0 Å². The summed E-state index contributed by atoms with van der Waals surface area (Å²) in [5.74, 6) is -0.347. The summed E-state index contributed by atoms with van der Waals surface area (Å²) in [5.41, 5.74) is 10.6. The second kappa shape index (κ2) is 6.51. The topological polar surface area (TPSA) is 93.3 Å². The highest BCUT2D eigenvalue weighted by Crippen LogP contribution is 2.17. The van der Waals surface area contributed by atoms with E-state index in [2.05, 4.69) is 26.0 Å². The van der Waals surface area contributed by atoms with Crippen molar-refractivity contribution in [3.8, 4) is 0 Å². The lowest BCUT2D eigenvalue weighted by molar-refractivity contribution is 0.102. The van der Waals surface area contributed by atoms with Crippen LogP contribution in [0.3, 0.4) is 0 Å². The van der Waals surface area contributed by atoms with Crippen LogP contribution in [0.5, 0.6) is 0 Å². The molecule has 1 amide bonds. The zero-order valence-corrected chi connectivity index (χ0v) is 12.1. The number of nitrogens with two attached hydrogens (primary N) is 1. The summed E-state index contributed by atoms with van der Waals surface area (Å²) in [5, 5.41) is 2.74. The summed E-state index contributed by atoms with van der Waals surface area (Å²) in [6.07, 6.45) is 8.12. The number of benzene rings is 1. The molecule has 1 aromatic carbocycles. The molecular formula is C17H13N5O. The molecule has 1 aliphatic heterocycles.